The van der Waals surface area contributed by atoms with E-state index >= 15 is 0 Å². The summed E-state index contributed by atoms with van der Waals surface area (Å²) in [5, 5.41) is 3.53. The van der Waals surface area contributed by atoms with Gasteiger partial charge in [0, 0.05) is 16.7 Å². The molecule has 0 aliphatic rings. The number of nitrogens with one attached hydrogen (secondary N) is 1. The summed E-state index contributed by atoms with van der Waals surface area (Å²) in [7, 11) is 1.69. The first kappa shape index (κ1) is 15.0. The summed E-state index contributed by atoms with van der Waals surface area (Å²) >= 11 is 1.82. The van der Waals surface area contributed by atoms with Crippen LogP contribution in [-0.4, -0.2) is 19.4 Å². The van der Waals surface area contributed by atoms with E-state index in [1.165, 1.54) is 10.5 Å². The highest BCUT2D eigenvalue weighted by atomic mass is 32.2. The number of hydrogen-bond acceptors (Lipinski definition) is 4. The topological polar surface area (TPSA) is 34.4 Å². The monoisotopic (exact) mass is 291 g/mol. The Kier molecular flexibility index (Phi) is 5.56. The zero-order chi connectivity index (χ0) is 14.4. The molecular weight excluding hydrogens is 270 g/mol. The van der Waals surface area contributed by atoms with Gasteiger partial charge in [-0.15, -0.1) is 11.8 Å². The average Bonchev–Trinajstić information content (AvgIpc) is 2.89. The summed E-state index contributed by atoms with van der Waals surface area (Å²) in [6.07, 6.45) is 1.74. The van der Waals surface area contributed by atoms with Gasteiger partial charge >= 0.3 is 0 Å². The van der Waals surface area contributed by atoms with Gasteiger partial charge in [0.1, 0.15) is 11.5 Å². The van der Waals surface area contributed by atoms with Crippen molar-refractivity contribution in [3.05, 3.63) is 47.9 Å². The standard InChI is InChI=1S/C16H21NO2S/c1-4-17-15(11-20-16-9-10-19-12(16)2)13-5-7-14(18-3)8-6-13/h5-10,15,17H,4,11H2,1-3H3. The van der Waals surface area contributed by atoms with E-state index in [-0.39, 0.29) is 0 Å². The van der Waals surface area contributed by atoms with E-state index in [2.05, 4.69) is 24.4 Å². The molecular formula is C16H21NO2S. The molecule has 2 rings (SSSR count). The lowest BCUT2D eigenvalue weighted by Crippen LogP contribution is -2.22. The minimum atomic E-state index is 0.324. The molecule has 20 heavy (non-hydrogen) atoms. The first-order chi connectivity index (χ1) is 9.74. The van der Waals surface area contributed by atoms with Crippen molar-refractivity contribution >= 4 is 11.8 Å². The maximum atomic E-state index is 5.33. The largest absolute Gasteiger partial charge is 0.497 e. The maximum Gasteiger partial charge on any atom is 0.118 e. The zero-order valence-electron chi connectivity index (χ0n) is 12.2. The average molecular weight is 291 g/mol. The smallest absolute Gasteiger partial charge is 0.118 e. The molecule has 0 bridgehead atoms. The van der Waals surface area contributed by atoms with E-state index in [1.54, 1.807) is 13.4 Å². The van der Waals surface area contributed by atoms with Crippen molar-refractivity contribution in [2.75, 3.05) is 19.4 Å². The number of benzene rings is 1. The van der Waals surface area contributed by atoms with Gasteiger partial charge in [0.25, 0.3) is 0 Å². The Morgan fingerprint density at radius 3 is 2.55 bits per heavy atom. The van der Waals surface area contributed by atoms with Crippen LogP contribution in [0.3, 0.4) is 0 Å². The van der Waals surface area contributed by atoms with Gasteiger partial charge in [-0.3, -0.25) is 0 Å². The molecule has 0 radical (unpaired) electrons. The Bertz CT molecular complexity index is 522. The van der Waals surface area contributed by atoms with E-state index in [0.717, 1.165) is 23.8 Å². The number of methoxy groups -OCH3 is 1. The van der Waals surface area contributed by atoms with Crippen LogP contribution in [0, 0.1) is 6.92 Å². The summed E-state index contributed by atoms with van der Waals surface area (Å²) in [6, 6.07) is 10.6. The number of rotatable bonds is 7. The van der Waals surface area contributed by atoms with Gasteiger partial charge in [-0.2, -0.15) is 0 Å². The lowest BCUT2D eigenvalue weighted by atomic mass is 10.1. The third kappa shape index (κ3) is 3.81. The third-order valence-electron chi connectivity index (χ3n) is 3.19. The van der Waals surface area contributed by atoms with Crippen LogP contribution in [0.5, 0.6) is 5.75 Å². The van der Waals surface area contributed by atoms with Crippen LogP contribution in [0.15, 0.2) is 45.9 Å². The molecule has 1 aromatic heterocycles. The lowest BCUT2D eigenvalue weighted by Gasteiger charge is -2.18. The van der Waals surface area contributed by atoms with Crippen molar-refractivity contribution < 1.29 is 9.15 Å². The molecule has 2 aromatic rings. The Labute approximate surface area is 124 Å². The van der Waals surface area contributed by atoms with Crippen LogP contribution >= 0.6 is 11.8 Å². The second kappa shape index (κ2) is 7.41. The van der Waals surface area contributed by atoms with Crippen LogP contribution in [0.4, 0.5) is 0 Å². The minimum absolute atomic E-state index is 0.324. The fraction of sp³-hybridized carbons (Fsp3) is 0.375. The molecule has 1 unspecified atom stereocenters. The summed E-state index contributed by atoms with van der Waals surface area (Å²) in [5.41, 5.74) is 1.28. The molecule has 0 aliphatic heterocycles. The van der Waals surface area contributed by atoms with Gasteiger partial charge in [-0.05, 0) is 37.2 Å². The molecule has 0 amide bonds. The van der Waals surface area contributed by atoms with Gasteiger partial charge in [-0.1, -0.05) is 19.1 Å². The van der Waals surface area contributed by atoms with E-state index in [0.29, 0.717) is 6.04 Å². The van der Waals surface area contributed by atoms with Gasteiger partial charge in [0.2, 0.25) is 0 Å². The molecule has 0 saturated heterocycles. The molecule has 3 nitrogen and oxygen atoms in total. The zero-order valence-corrected chi connectivity index (χ0v) is 13.0. The number of furan rings is 1. The molecule has 4 heteroatoms. The fourth-order valence-electron chi connectivity index (χ4n) is 2.05. The highest BCUT2D eigenvalue weighted by molar-refractivity contribution is 7.99. The summed E-state index contributed by atoms with van der Waals surface area (Å²) < 4.78 is 10.5. The predicted molar refractivity (Wildman–Crippen MR) is 83.6 cm³/mol. The van der Waals surface area contributed by atoms with E-state index in [4.69, 9.17) is 9.15 Å². The number of hydrogen-bond donors (Lipinski definition) is 1. The van der Waals surface area contributed by atoms with Crippen LogP contribution in [-0.2, 0) is 0 Å². The summed E-state index contributed by atoms with van der Waals surface area (Å²) in [5.74, 6) is 2.85. The maximum absolute atomic E-state index is 5.33. The van der Waals surface area contributed by atoms with Gasteiger partial charge in [0.05, 0.1) is 13.4 Å². The van der Waals surface area contributed by atoms with Crippen LogP contribution < -0.4 is 10.1 Å². The molecule has 108 valence electrons. The van der Waals surface area contributed by atoms with Crippen LogP contribution in [0.2, 0.25) is 0 Å². The first-order valence-electron chi connectivity index (χ1n) is 6.78. The van der Waals surface area contributed by atoms with E-state index in [9.17, 15) is 0 Å². The van der Waals surface area contributed by atoms with Crippen molar-refractivity contribution in [1.82, 2.24) is 5.32 Å². The normalized spacial score (nSPS) is 12.3. The molecule has 0 saturated carbocycles. The summed E-state index contributed by atoms with van der Waals surface area (Å²) in [4.78, 5) is 1.21. The predicted octanol–water partition coefficient (Wildman–Crippen LogP) is 4.04. The van der Waals surface area contributed by atoms with Gasteiger partial charge in [-0.25, -0.2) is 0 Å². The van der Waals surface area contributed by atoms with Crippen molar-refractivity contribution in [2.24, 2.45) is 0 Å². The van der Waals surface area contributed by atoms with Crippen LogP contribution in [0.25, 0.3) is 0 Å². The lowest BCUT2D eigenvalue weighted by molar-refractivity contribution is 0.414. The highest BCUT2D eigenvalue weighted by Crippen LogP contribution is 2.28. The Morgan fingerprint density at radius 1 is 1.25 bits per heavy atom. The molecule has 0 aliphatic carbocycles. The van der Waals surface area contributed by atoms with Crippen molar-refractivity contribution in [1.29, 1.82) is 0 Å². The number of ether oxygens (including phenoxy) is 1. The highest BCUT2D eigenvalue weighted by Gasteiger charge is 2.12. The van der Waals surface area contributed by atoms with Gasteiger partial charge in [0.15, 0.2) is 0 Å². The molecule has 0 spiro atoms. The van der Waals surface area contributed by atoms with Crippen LogP contribution in [0.1, 0.15) is 24.3 Å². The number of thioether (sulfide) groups is 1. The Morgan fingerprint density at radius 2 is 2.00 bits per heavy atom. The molecule has 1 heterocycles. The first-order valence-corrected chi connectivity index (χ1v) is 7.77. The molecule has 1 aromatic carbocycles. The van der Waals surface area contributed by atoms with E-state index < -0.39 is 0 Å². The minimum Gasteiger partial charge on any atom is -0.497 e. The second-order valence-electron chi connectivity index (χ2n) is 4.54. The summed E-state index contributed by atoms with van der Waals surface area (Å²) in [6.45, 7) is 5.07. The van der Waals surface area contributed by atoms with Gasteiger partial charge < -0.3 is 14.5 Å². The molecule has 1 atom stereocenters. The third-order valence-corrected chi connectivity index (χ3v) is 4.42. The van der Waals surface area contributed by atoms with Crippen molar-refractivity contribution in [2.45, 2.75) is 24.8 Å². The van der Waals surface area contributed by atoms with Crippen molar-refractivity contribution in [3.8, 4) is 5.75 Å². The Hall–Kier alpha value is -1.39. The SMILES string of the molecule is CCNC(CSc1ccoc1C)c1ccc(OC)cc1. The fourth-order valence-corrected chi connectivity index (χ4v) is 3.11. The molecule has 1 N–H and O–H groups in total. The number of aryl methyl sites for hydroxylation is 1. The van der Waals surface area contributed by atoms with E-state index in [1.807, 2.05) is 36.9 Å². The quantitative estimate of drug-likeness (QED) is 0.781. The second-order valence-corrected chi connectivity index (χ2v) is 5.60. The Balaban J connectivity index is 2.04. The molecule has 0 fully saturated rings. The van der Waals surface area contributed by atoms with Crippen molar-refractivity contribution in [3.63, 3.8) is 0 Å².